The third-order valence-electron chi connectivity index (χ3n) is 3.19. The summed E-state index contributed by atoms with van der Waals surface area (Å²) in [6, 6.07) is -0.0132. The standard InChI is InChI=1S/C12H20N4O/c1-9-10(8-16(2)15-9)7-14-12(17)11-5-3-4-6-13-11/h8,11,13H,3-7H2,1-2H3,(H,14,17)/t11-/m1/s1. The molecule has 0 radical (unpaired) electrons. The van der Waals surface area contributed by atoms with Crippen molar-refractivity contribution >= 4 is 5.91 Å². The first-order chi connectivity index (χ1) is 8.16. The molecule has 2 heterocycles. The van der Waals surface area contributed by atoms with Crippen LogP contribution in [0.3, 0.4) is 0 Å². The van der Waals surface area contributed by atoms with Gasteiger partial charge in [-0.15, -0.1) is 0 Å². The van der Waals surface area contributed by atoms with Gasteiger partial charge in [-0.25, -0.2) is 0 Å². The molecule has 1 aliphatic heterocycles. The molecule has 0 spiro atoms. The summed E-state index contributed by atoms with van der Waals surface area (Å²) < 4.78 is 1.77. The van der Waals surface area contributed by atoms with E-state index in [0.717, 1.165) is 30.6 Å². The van der Waals surface area contributed by atoms with Crippen LogP contribution in [0.25, 0.3) is 0 Å². The molecule has 0 aromatic carbocycles. The fourth-order valence-electron chi connectivity index (χ4n) is 2.20. The Bertz CT molecular complexity index is 393. The lowest BCUT2D eigenvalue weighted by atomic mass is 10.0. The van der Waals surface area contributed by atoms with Crippen LogP contribution in [0.2, 0.25) is 0 Å². The summed E-state index contributed by atoms with van der Waals surface area (Å²) in [6.07, 6.45) is 5.20. The number of piperidine rings is 1. The van der Waals surface area contributed by atoms with Crippen molar-refractivity contribution in [2.75, 3.05) is 6.54 Å². The van der Waals surface area contributed by atoms with E-state index in [4.69, 9.17) is 0 Å². The summed E-state index contributed by atoms with van der Waals surface area (Å²) >= 11 is 0. The van der Waals surface area contributed by atoms with E-state index in [1.54, 1.807) is 4.68 Å². The van der Waals surface area contributed by atoms with Crippen molar-refractivity contribution in [3.63, 3.8) is 0 Å². The second-order valence-corrected chi connectivity index (χ2v) is 4.63. The normalized spacial score (nSPS) is 20.2. The molecule has 5 heteroatoms. The van der Waals surface area contributed by atoms with Crippen LogP contribution < -0.4 is 10.6 Å². The molecule has 0 saturated carbocycles. The lowest BCUT2D eigenvalue weighted by Gasteiger charge is -2.22. The fraction of sp³-hybridized carbons (Fsp3) is 0.667. The quantitative estimate of drug-likeness (QED) is 0.803. The molecule has 0 bridgehead atoms. The lowest BCUT2D eigenvalue weighted by molar-refractivity contribution is -0.123. The highest BCUT2D eigenvalue weighted by atomic mass is 16.2. The number of nitrogens with zero attached hydrogens (tertiary/aromatic N) is 2. The largest absolute Gasteiger partial charge is 0.351 e. The Balaban J connectivity index is 1.85. The molecule has 0 unspecified atom stereocenters. The molecule has 2 rings (SSSR count). The topological polar surface area (TPSA) is 59.0 Å². The average Bonchev–Trinajstić information content (AvgIpc) is 2.66. The van der Waals surface area contributed by atoms with Crippen LogP contribution in [-0.4, -0.2) is 28.3 Å². The van der Waals surface area contributed by atoms with Crippen LogP contribution in [0.5, 0.6) is 0 Å². The summed E-state index contributed by atoms with van der Waals surface area (Å²) in [7, 11) is 1.89. The number of aryl methyl sites for hydroxylation is 2. The minimum absolute atomic E-state index is 0.0132. The molecule has 94 valence electrons. The van der Waals surface area contributed by atoms with Crippen molar-refractivity contribution in [1.82, 2.24) is 20.4 Å². The summed E-state index contributed by atoms with van der Waals surface area (Å²) in [6.45, 7) is 3.47. The molecule has 1 fully saturated rings. The number of rotatable bonds is 3. The minimum atomic E-state index is -0.0132. The summed E-state index contributed by atoms with van der Waals surface area (Å²) in [5.74, 6) is 0.105. The number of hydrogen-bond acceptors (Lipinski definition) is 3. The van der Waals surface area contributed by atoms with Gasteiger partial charge in [-0.2, -0.15) is 5.10 Å². The predicted molar refractivity (Wildman–Crippen MR) is 65.4 cm³/mol. The van der Waals surface area contributed by atoms with Crippen molar-refractivity contribution < 1.29 is 4.79 Å². The van der Waals surface area contributed by atoms with Crippen LogP contribution in [0.4, 0.5) is 0 Å². The maximum Gasteiger partial charge on any atom is 0.237 e. The van der Waals surface area contributed by atoms with Crippen molar-refractivity contribution in [3.8, 4) is 0 Å². The van der Waals surface area contributed by atoms with E-state index in [0.29, 0.717) is 6.54 Å². The molecule has 2 N–H and O–H groups in total. The summed E-state index contributed by atoms with van der Waals surface area (Å²) in [5.41, 5.74) is 2.06. The number of aromatic nitrogens is 2. The Morgan fingerprint density at radius 1 is 1.65 bits per heavy atom. The fourth-order valence-corrected chi connectivity index (χ4v) is 2.20. The maximum atomic E-state index is 11.9. The van der Waals surface area contributed by atoms with E-state index in [9.17, 15) is 4.79 Å². The molecule has 5 nitrogen and oxygen atoms in total. The number of nitrogens with one attached hydrogen (secondary N) is 2. The van der Waals surface area contributed by atoms with E-state index < -0.39 is 0 Å². The molecule has 1 atom stereocenters. The molecule has 1 aromatic rings. The average molecular weight is 236 g/mol. The highest BCUT2D eigenvalue weighted by molar-refractivity contribution is 5.81. The number of hydrogen-bond donors (Lipinski definition) is 2. The first-order valence-corrected chi connectivity index (χ1v) is 6.17. The minimum Gasteiger partial charge on any atom is -0.351 e. The molecular weight excluding hydrogens is 216 g/mol. The zero-order chi connectivity index (χ0) is 12.3. The SMILES string of the molecule is Cc1nn(C)cc1CNC(=O)[C@H]1CCCCN1. The van der Waals surface area contributed by atoms with E-state index in [1.807, 2.05) is 20.2 Å². The molecule has 1 aromatic heterocycles. The van der Waals surface area contributed by atoms with Gasteiger partial charge in [0.2, 0.25) is 5.91 Å². The lowest BCUT2D eigenvalue weighted by Crippen LogP contribution is -2.46. The van der Waals surface area contributed by atoms with Crippen LogP contribution in [0, 0.1) is 6.92 Å². The van der Waals surface area contributed by atoms with Crippen molar-refractivity contribution in [2.24, 2.45) is 7.05 Å². The zero-order valence-electron chi connectivity index (χ0n) is 10.5. The Morgan fingerprint density at radius 2 is 2.47 bits per heavy atom. The Kier molecular flexibility index (Phi) is 3.78. The van der Waals surface area contributed by atoms with Gasteiger partial charge in [-0.3, -0.25) is 9.48 Å². The van der Waals surface area contributed by atoms with Crippen LogP contribution in [0.15, 0.2) is 6.20 Å². The van der Waals surface area contributed by atoms with E-state index in [1.165, 1.54) is 6.42 Å². The van der Waals surface area contributed by atoms with Crippen molar-refractivity contribution in [3.05, 3.63) is 17.5 Å². The van der Waals surface area contributed by atoms with Crippen LogP contribution in [-0.2, 0) is 18.4 Å². The van der Waals surface area contributed by atoms with Gasteiger partial charge in [-0.1, -0.05) is 6.42 Å². The third kappa shape index (κ3) is 3.06. The van der Waals surface area contributed by atoms with Crippen molar-refractivity contribution in [2.45, 2.75) is 38.8 Å². The Morgan fingerprint density at radius 3 is 3.06 bits per heavy atom. The first kappa shape index (κ1) is 12.1. The third-order valence-corrected chi connectivity index (χ3v) is 3.19. The van der Waals surface area contributed by atoms with Gasteiger partial charge < -0.3 is 10.6 Å². The monoisotopic (exact) mass is 236 g/mol. The van der Waals surface area contributed by atoms with E-state index in [2.05, 4.69) is 15.7 Å². The van der Waals surface area contributed by atoms with Gasteiger partial charge in [0.25, 0.3) is 0 Å². The maximum absolute atomic E-state index is 11.9. The van der Waals surface area contributed by atoms with Gasteiger partial charge in [0.15, 0.2) is 0 Å². The van der Waals surface area contributed by atoms with Crippen LogP contribution in [0.1, 0.15) is 30.5 Å². The molecular formula is C12H20N4O. The molecule has 1 aliphatic rings. The van der Waals surface area contributed by atoms with E-state index >= 15 is 0 Å². The number of carbonyl (C=O) groups excluding carboxylic acids is 1. The molecule has 17 heavy (non-hydrogen) atoms. The van der Waals surface area contributed by atoms with Gasteiger partial charge in [0, 0.05) is 25.4 Å². The van der Waals surface area contributed by atoms with Gasteiger partial charge in [0.1, 0.15) is 0 Å². The van der Waals surface area contributed by atoms with Gasteiger partial charge >= 0.3 is 0 Å². The number of amides is 1. The number of carbonyl (C=O) groups is 1. The summed E-state index contributed by atoms with van der Waals surface area (Å²) in [5, 5.41) is 10.5. The van der Waals surface area contributed by atoms with Crippen LogP contribution >= 0.6 is 0 Å². The Hall–Kier alpha value is -1.36. The van der Waals surface area contributed by atoms with E-state index in [-0.39, 0.29) is 11.9 Å². The van der Waals surface area contributed by atoms with Gasteiger partial charge in [0.05, 0.1) is 11.7 Å². The first-order valence-electron chi connectivity index (χ1n) is 6.17. The molecule has 1 amide bonds. The smallest absolute Gasteiger partial charge is 0.237 e. The van der Waals surface area contributed by atoms with Crippen molar-refractivity contribution in [1.29, 1.82) is 0 Å². The Labute approximate surface area is 102 Å². The highest BCUT2D eigenvalue weighted by Crippen LogP contribution is 2.08. The predicted octanol–water partition coefficient (Wildman–Crippen LogP) is 0.487. The molecule has 0 aliphatic carbocycles. The second kappa shape index (κ2) is 5.31. The second-order valence-electron chi connectivity index (χ2n) is 4.63. The summed E-state index contributed by atoms with van der Waals surface area (Å²) in [4.78, 5) is 11.9. The van der Waals surface area contributed by atoms with Gasteiger partial charge in [-0.05, 0) is 26.3 Å². The zero-order valence-corrected chi connectivity index (χ0v) is 10.5. The molecule has 1 saturated heterocycles. The highest BCUT2D eigenvalue weighted by Gasteiger charge is 2.20.